The minimum atomic E-state index is -0.602. The van der Waals surface area contributed by atoms with Crippen LogP contribution in [-0.2, 0) is 5.75 Å². The molecule has 0 N–H and O–H groups in total. The maximum absolute atomic E-state index is 11.2. The molecule has 0 radical (unpaired) electrons. The Morgan fingerprint density at radius 1 is 1.08 bits per heavy atom. The number of non-ortho nitro benzene ring substituents is 1. The number of nitro benzene ring substituents is 2. The van der Waals surface area contributed by atoms with Crippen LogP contribution in [0.2, 0.25) is 5.02 Å². The van der Waals surface area contributed by atoms with Gasteiger partial charge in [-0.3, -0.25) is 20.2 Å². The predicted octanol–water partition coefficient (Wildman–Crippen LogP) is 3.42. The third-order valence-corrected chi connectivity index (χ3v) is 4.56. The van der Waals surface area contributed by atoms with Crippen molar-refractivity contribution in [2.45, 2.75) is 10.9 Å². The maximum Gasteiger partial charge on any atom is 0.273 e. The molecule has 0 aliphatic heterocycles. The molecule has 1 aromatic heterocycles. The van der Waals surface area contributed by atoms with E-state index in [0.29, 0.717) is 15.9 Å². The summed E-state index contributed by atoms with van der Waals surface area (Å²) in [7, 11) is 0. The van der Waals surface area contributed by atoms with Crippen LogP contribution in [0.3, 0.4) is 0 Å². The fraction of sp³-hybridized carbons (Fsp3) is 0.0714. The summed E-state index contributed by atoms with van der Waals surface area (Å²) in [5, 5.41) is 34.4. The van der Waals surface area contributed by atoms with Crippen LogP contribution in [0.25, 0.3) is 5.69 Å². The van der Waals surface area contributed by atoms with Crippen molar-refractivity contribution in [2.24, 2.45) is 0 Å². The van der Waals surface area contributed by atoms with Crippen molar-refractivity contribution < 1.29 is 9.85 Å². The smallest absolute Gasteiger partial charge is 0.258 e. The fourth-order valence-corrected chi connectivity index (χ4v) is 3.14. The second-order valence-electron chi connectivity index (χ2n) is 4.97. The van der Waals surface area contributed by atoms with Gasteiger partial charge >= 0.3 is 0 Å². The number of rotatable bonds is 6. The minimum absolute atomic E-state index is 0.0892. The lowest BCUT2D eigenvalue weighted by Gasteiger charge is -2.05. The molecular formula is C14H9ClN6O4S. The number of nitro groups is 2. The van der Waals surface area contributed by atoms with Gasteiger partial charge in [-0.2, -0.15) is 4.68 Å². The Kier molecular flexibility index (Phi) is 5.09. The summed E-state index contributed by atoms with van der Waals surface area (Å²) in [6.45, 7) is 0. The Bertz CT molecular complexity index is 978. The van der Waals surface area contributed by atoms with E-state index in [1.165, 1.54) is 10.7 Å². The highest BCUT2D eigenvalue weighted by Gasteiger charge is 2.20. The SMILES string of the molecule is O=[N+]([O-])c1ccc([N+](=O)[O-])c(CSc2nnnn2-c2ccc(Cl)cc2)c1. The highest BCUT2D eigenvalue weighted by Crippen LogP contribution is 2.30. The van der Waals surface area contributed by atoms with Crippen LogP contribution in [0.15, 0.2) is 47.6 Å². The van der Waals surface area contributed by atoms with E-state index in [9.17, 15) is 20.2 Å². The van der Waals surface area contributed by atoms with Gasteiger partial charge in [-0.25, -0.2) is 0 Å². The molecule has 0 bridgehead atoms. The summed E-state index contributed by atoms with van der Waals surface area (Å²) in [5.41, 5.74) is 0.451. The second-order valence-corrected chi connectivity index (χ2v) is 6.34. The van der Waals surface area contributed by atoms with E-state index in [1.54, 1.807) is 24.3 Å². The zero-order valence-corrected chi connectivity index (χ0v) is 14.4. The Morgan fingerprint density at radius 2 is 1.81 bits per heavy atom. The number of thioether (sulfide) groups is 1. The van der Waals surface area contributed by atoms with Gasteiger partial charge in [0.2, 0.25) is 5.16 Å². The van der Waals surface area contributed by atoms with Gasteiger partial charge in [-0.05, 0) is 34.7 Å². The van der Waals surface area contributed by atoms with Crippen LogP contribution >= 0.6 is 23.4 Å². The summed E-state index contributed by atoms with van der Waals surface area (Å²) in [5.74, 6) is 0.0892. The first-order valence-corrected chi connectivity index (χ1v) is 8.41. The first-order chi connectivity index (χ1) is 12.5. The number of benzene rings is 2. The lowest BCUT2D eigenvalue weighted by Crippen LogP contribution is -2.00. The van der Waals surface area contributed by atoms with Crippen LogP contribution in [0.4, 0.5) is 11.4 Å². The van der Waals surface area contributed by atoms with Crippen LogP contribution in [0.5, 0.6) is 0 Å². The average Bonchev–Trinajstić information content (AvgIpc) is 3.08. The summed E-state index contributed by atoms with van der Waals surface area (Å²) >= 11 is 6.98. The molecule has 0 unspecified atom stereocenters. The fourth-order valence-electron chi connectivity index (χ4n) is 2.13. The van der Waals surface area contributed by atoms with E-state index in [2.05, 4.69) is 15.5 Å². The summed E-state index contributed by atoms with van der Waals surface area (Å²) in [6, 6.07) is 10.2. The van der Waals surface area contributed by atoms with Gasteiger partial charge in [0.25, 0.3) is 11.4 Å². The molecule has 12 heteroatoms. The standard InChI is InChI=1S/C14H9ClN6O4S/c15-10-1-3-11(4-2-10)19-14(16-17-18-19)26-8-9-7-12(20(22)23)5-6-13(9)21(24)25/h1-7H,8H2. The van der Waals surface area contributed by atoms with Crippen molar-refractivity contribution in [3.8, 4) is 5.69 Å². The number of aromatic nitrogens is 4. The van der Waals surface area contributed by atoms with Gasteiger partial charge in [0.1, 0.15) is 0 Å². The molecule has 26 heavy (non-hydrogen) atoms. The Morgan fingerprint density at radius 3 is 2.46 bits per heavy atom. The van der Waals surface area contributed by atoms with E-state index in [4.69, 9.17) is 11.6 Å². The van der Waals surface area contributed by atoms with E-state index < -0.39 is 9.85 Å². The van der Waals surface area contributed by atoms with E-state index in [0.717, 1.165) is 23.9 Å². The number of halogens is 1. The normalized spacial score (nSPS) is 10.7. The predicted molar refractivity (Wildman–Crippen MR) is 93.5 cm³/mol. The summed E-state index contributed by atoms with van der Waals surface area (Å²) in [6.07, 6.45) is 0. The van der Waals surface area contributed by atoms with Crippen LogP contribution in [0, 0.1) is 20.2 Å². The number of hydrogen-bond acceptors (Lipinski definition) is 8. The topological polar surface area (TPSA) is 130 Å². The van der Waals surface area contributed by atoms with Gasteiger partial charge in [-0.15, -0.1) is 5.10 Å². The van der Waals surface area contributed by atoms with Gasteiger partial charge in [-0.1, -0.05) is 23.4 Å². The maximum atomic E-state index is 11.2. The Hall–Kier alpha value is -3.05. The largest absolute Gasteiger partial charge is 0.273 e. The first kappa shape index (κ1) is 17.8. The van der Waals surface area contributed by atoms with Gasteiger partial charge < -0.3 is 0 Å². The zero-order valence-electron chi connectivity index (χ0n) is 12.9. The van der Waals surface area contributed by atoms with Crippen LogP contribution < -0.4 is 0 Å². The zero-order chi connectivity index (χ0) is 18.7. The average molecular weight is 393 g/mol. The number of nitrogens with zero attached hydrogens (tertiary/aromatic N) is 6. The molecule has 0 aliphatic carbocycles. The van der Waals surface area contributed by atoms with Crippen LogP contribution in [-0.4, -0.2) is 30.1 Å². The molecule has 0 atom stereocenters. The molecule has 2 aromatic carbocycles. The van der Waals surface area contributed by atoms with Crippen molar-refractivity contribution >= 4 is 34.7 Å². The molecule has 10 nitrogen and oxygen atoms in total. The monoisotopic (exact) mass is 392 g/mol. The number of hydrogen-bond donors (Lipinski definition) is 0. The van der Waals surface area contributed by atoms with E-state index in [-0.39, 0.29) is 22.7 Å². The molecule has 132 valence electrons. The molecule has 3 aromatic rings. The van der Waals surface area contributed by atoms with Gasteiger partial charge in [0.05, 0.1) is 15.5 Å². The third-order valence-electron chi connectivity index (χ3n) is 3.34. The van der Waals surface area contributed by atoms with E-state index in [1.807, 2.05) is 0 Å². The first-order valence-electron chi connectivity index (χ1n) is 7.04. The summed E-state index contributed by atoms with van der Waals surface area (Å²) < 4.78 is 1.45. The van der Waals surface area contributed by atoms with Crippen molar-refractivity contribution in [1.82, 2.24) is 20.2 Å². The van der Waals surface area contributed by atoms with Crippen molar-refractivity contribution in [1.29, 1.82) is 0 Å². The van der Waals surface area contributed by atoms with Gasteiger partial charge in [0, 0.05) is 34.5 Å². The molecule has 0 aliphatic rings. The lowest BCUT2D eigenvalue weighted by atomic mass is 10.2. The second kappa shape index (κ2) is 7.45. The minimum Gasteiger partial charge on any atom is -0.258 e. The Labute approximate surface area is 155 Å². The molecule has 0 fully saturated rings. The lowest BCUT2D eigenvalue weighted by molar-refractivity contribution is -0.389. The molecular weight excluding hydrogens is 384 g/mol. The summed E-state index contributed by atoms with van der Waals surface area (Å²) in [4.78, 5) is 20.9. The Balaban J connectivity index is 1.87. The molecule has 3 rings (SSSR count). The molecule has 0 saturated heterocycles. The van der Waals surface area contributed by atoms with Crippen molar-refractivity contribution in [3.63, 3.8) is 0 Å². The quantitative estimate of drug-likeness (QED) is 0.354. The van der Waals surface area contributed by atoms with E-state index >= 15 is 0 Å². The van der Waals surface area contributed by atoms with Crippen molar-refractivity contribution in [2.75, 3.05) is 0 Å². The third kappa shape index (κ3) is 3.78. The van der Waals surface area contributed by atoms with Crippen molar-refractivity contribution in [3.05, 3.63) is 73.3 Å². The molecule has 0 saturated carbocycles. The highest BCUT2D eigenvalue weighted by molar-refractivity contribution is 7.98. The molecule has 0 amide bonds. The van der Waals surface area contributed by atoms with Gasteiger partial charge in [0.15, 0.2) is 0 Å². The molecule has 0 spiro atoms. The molecule has 1 heterocycles. The van der Waals surface area contributed by atoms with Crippen LogP contribution in [0.1, 0.15) is 5.56 Å². The number of tetrazole rings is 1. The highest BCUT2D eigenvalue weighted by atomic mass is 35.5.